The summed E-state index contributed by atoms with van der Waals surface area (Å²) in [4.78, 5) is 4.53. The zero-order chi connectivity index (χ0) is 14.4. The highest BCUT2D eigenvalue weighted by atomic mass is 16.5. The molecule has 4 heteroatoms. The lowest BCUT2D eigenvalue weighted by Crippen LogP contribution is -2.14. The molecule has 0 aliphatic heterocycles. The van der Waals surface area contributed by atoms with Crippen molar-refractivity contribution in [1.82, 2.24) is 9.55 Å². The summed E-state index contributed by atoms with van der Waals surface area (Å²) in [5.41, 5.74) is 2.36. The van der Waals surface area contributed by atoms with E-state index in [1.807, 2.05) is 13.0 Å². The molecule has 4 nitrogen and oxygen atoms in total. The first-order chi connectivity index (χ1) is 9.70. The third-order valence-corrected chi connectivity index (χ3v) is 3.37. The average molecular weight is 273 g/mol. The Bertz CT molecular complexity index is 522. The van der Waals surface area contributed by atoms with E-state index in [0.717, 1.165) is 24.7 Å². The summed E-state index contributed by atoms with van der Waals surface area (Å²) in [7, 11) is 1.72. The van der Waals surface area contributed by atoms with Crippen molar-refractivity contribution in [1.29, 1.82) is 0 Å². The summed E-state index contributed by atoms with van der Waals surface area (Å²) in [6.45, 7) is 6.61. The lowest BCUT2D eigenvalue weighted by molar-refractivity contribution is 0.187. The second kappa shape index (κ2) is 7.10. The monoisotopic (exact) mass is 273 g/mol. The van der Waals surface area contributed by atoms with Crippen LogP contribution in [0.4, 0.5) is 5.95 Å². The molecule has 1 atom stereocenters. The number of rotatable bonds is 7. The minimum atomic E-state index is 0.448. The molecule has 20 heavy (non-hydrogen) atoms. The fourth-order valence-electron chi connectivity index (χ4n) is 2.19. The second-order valence-corrected chi connectivity index (χ2v) is 5.08. The van der Waals surface area contributed by atoms with Crippen LogP contribution in [0.3, 0.4) is 0 Å². The molecule has 0 radical (unpaired) electrons. The molecule has 0 saturated carbocycles. The Balaban J connectivity index is 1.96. The van der Waals surface area contributed by atoms with E-state index in [1.165, 1.54) is 5.56 Å². The number of hydrogen-bond donors (Lipinski definition) is 1. The van der Waals surface area contributed by atoms with Crippen LogP contribution in [0.1, 0.15) is 24.1 Å². The predicted molar refractivity (Wildman–Crippen MR) is 82.2 cm³/mol. The molecule has 1 heterocycles. The lowest BCUT2D eigenvalue weighted by atomic mass is 10.0. The maximum Gasteiger partial charge on any atom is 0.203 e. The summed E-state index contributed by atoms with van der Waals surface area (Å²) < 4.78 is 7.24. The normalized spacial score (nSPS) is 12.3. The van der Waals surface area contributed by atoms with E-state index in [4.69, 9.17) is 4.74 Å². The Morgan fingerprint density at radius 3 is 2.75 bits per heavy atom. The van der Waals surface area contributed by atoms with Crippen LogP contribution in [0.15, 0.2) is 36.5 Å². The number of ether oxygens (including phenoxy) is 1. The third kappa shape index (κ3) is 3.84. The lowest BCUT2D eigenvalue weighted by Gasteiger charge is -2.14. The molecular weight excluding hydrogens is 250 g/mol. The van der Waals surface area contributed by atoms with E-state index >= 15 is 0 Å². The zero-order valence-electron chi connectivity index (χ0n) is 12.5. The third-order valence-electron chi connectivity index (χ3n) is 3.37. The molecule has 108 valence electrons. The molecule has 2 rings (SSSR count). The Morgan fingerprint density at radius 1 is 1.30 bits per heavy atom. The van der Waals surface area contributed by atoms with Gasteiger partial charge < -0.3 is 14.6 Å². The number of hydrogen-bond acceptors (Lipinski definition) is 3. The zero-order valence-corrected chi connectivity index (χ0v) is 12.5. The number of nitrogens with zero attached hydrogens (tertiary/aromatic N) is 2. The number of aryl methyl sites for hydroxylation is 1. The van der Waals surface area contributed by atoms with Crippen LogP contribution in [0, 0.1) is 6.92 Å². The van der Waals surface area contributed by atoms with Crippen molar-refractivity contribution >= 4 is 5.95 Å². The van der Waals surface area contributed by atoms with E-state index in [2.05, 4.69) is 52.3 Å². The molecule has 0 spiro atoms. The van der Waals surface area contributed by atoms with E-state index in [0.29, 0.717) is 12.5 Å². The first kappa shape index (κ1) is 14.6. The van der Waals surface area contributed by atoms with Crippen LogP contribution in [0.2, 0.25) is 0 Å². The van der Waals surface area contributed by atoms with E-state index in [9.17, 15) is 0 Å². The Kier molecular flexibility index (Phi) is 5.18. The van der Waals surface area contributed by atoms with Gasteiger partial charge in [-0.2, -0.15) is 0 Å². The minimum Gasteiger partial charge on any atom is -0.383 e. The number of aromatic nitrogens is 2. The summed E-state index contributed by atoms with van der Waals surface area (Å²) in [6.07, 6.45) is 2.05. The standard InChI is InChI=1S/C16H23N3O/c1-13(15-7-5-4-6-8-15)11-17-16-18-14(2)12-19(16)9-10-20-3/h4-8,12-13H,9-11H2,1-3H3,(H,17,18). The molecule has 0 saturated heterocycles. The van der Waals surface area contributed by atoms with Gasteiger partial charge in [-0.25, -0.2) is 4.98 Å². The molecular formula is C16H23N3O. The van der Waals surface area contributed by atoms with Gasteiger partial charge >= 0.3 is 0 Å². The highest BCUT2D eigenvalue weighted by molar-refractivity contribution is 5.30. The summed E-state index contributed by atoms with van der Waals surface area (Å²) in [5, 5.41) is 3.44. The van der Waals surface area contributed by atoms with Crippen molar-refractivity contribution in [3.05, 3.63) is 47.8 Å². The average Bonchev–Trinajstić information content (AvgIpc) is 2.83. The van der Waals surface area contributed by atoms with Crippen molar-refractivity contribution in [2.45, 2.75) is 26.3 Å². The summed E-state index contributed by atoms with van der Waals surface area (Å²) in [5.74, 6) is 1.37. The summed E-state index contributed by atoms with van der Waals surface area (Å²) >= 11 is 0. The number of nitrogens with one attached hydrogen (secondary N) is 1. The fourth-order valence-corrected chi connectivity index (χ4v) is 2.19. The van der Waals surface area contributed by atoms with Gasteiger partial charge in [0.25, 0.3) is 0 Å². The smallest absolute Gasteiger partial charge is 0.203 e. The first-order valence-corrected chi connectivity index (χ1v) is 7.02. The number of methoxy groups -OCH3 is 1. The van der Waals surface area contributed by atoms with Crippen LogP contribution in [-0.4, -0.2) is 29.8 Å². The molecule has 1 aromatic carbocycles. The molecule has 0 fully saturated rings. The van der Waals surface area contributed by atoms with Crippen molar-refractivity contribution in [2.24, 2.45) is 0 Å². The molecule has 1 N–H and O–H groups in total. The van der Waals surface area contributed by atoms with Crippen LogP contribution in [0.5, 0.6) is 0 Å². The molecule has 1 aromatic heterocycles. The quantitative estimate of drug-likeness (QED) is 0.842. The Hall–Kier alpha value is -1.81. The van der Waals surface area contributed by atoms with Gasteiger partial charge in [0.05, 0.1) is 12.3 Å². The SMILES string of the molecule is COCCn1cc(C)nc1NCC(C)c1ccccc1. The summed E-state index contributed by atoms with van der Waals surface area (Å²) in [6, 6.07) is 10.5. The van der Waals surface area contributed by atoms with E-state index in [-0.39, 0.29) is 0 Å². The van der Waals surface area contributed by atoms with Gasteiger partial charge in [-0.05, 0) is 18.4 Å². The van der Waals surface area contributed by atoms with Crippen LogP contribution >= 0.6 is 0 Å². The predicted octanol–water partition coefficient (Wildman–Crippen LogP) is 3.05. The topological polar surface area (TPSA) is 39.1 Å². The highest BCUT2D eigenvalue weighted by Gasteiger charge is 2.08. The van der Waals surface area contributed by atoms with Crippen molar-refractivity contribution in [3.63, 3.8) is 0 Å². The first-order valence-electron chi connectivity index (χ1n) is 7.02. The van der Waals surface area contributed by atoms with Gasteiger partial charge in [-0.1, -0.05) is 37.3 Å². The van der Waals surface area contributed by atoms with Crippen LogP contribution in [0.25, 0.3) is 0 Å². The molecule has 0 amide bonds. The maximum absolute atomic E-state index is 5.13. The van der Waals surface area contributed by atoms with E-state index < -0.39 is 0 Å². The number of benzene rings is 1. The largest absolute Gasteiger partial charge is 0.383 e. The van der Waals surface area contributed by atoms with E-state index in [1.54, 1.807) is 7.11 Å². The minimum absolute atomic E-state index is 0.448. The van der Waals surface area contributed by atoms with Gasteiger partial charge in [0.15, 0.2) is 0 Å². The molecule has 0 bridgehead atoms. The van der Waals surface area contributed by atoms with Gasteiger partial charge in [0.2, 0.25) is 5.95 Å². The van der Waals surface area contributed by atoms with Gasteiger partial charge in [0.1, 0.15) is 0 Å². The molecule has 0 aliphatic rings. The Labute approximate surface area is 120 Å². The fraction of sp³-hybridized carbons (Fsp3) is 0.438. The van der Waals surface area contributed by atoms with Crippen LogP contribution in [-0.2, 0) is 11.3 Å². The number of imidazole rings is 1. The van der Waals surface area contributed by atoms with Crippen LogP contribution < -0.4 is 5.32 Å². The van der Waals surface area contributed by atoms with Gasteiger partial charge in [0, 0.05) is 26.4 Å². The van der Waals surface area contributed by atoms with Crippen molar-refractivity contribution in [3.8, 4) is 0 Å². The molecule has 0 aliphatic carbocycles. The molecule has 1 unspecified atom stereocenters. The highest BCUT2D eigenvalue weighted by Crippen LogP contribution is 2.16. The van der Waals surface area contributed by atoms with Crippen molar-refractivity contribution < 1.29 is 4.74 Å². The molecule has 2 aromatic rings. The van der Waals surface area contributed by atoms with Gasteiger partial charge in [-0.15, -0.1) is 0 Å². The second-order valence-electron chi connectivity index (χ2n) is 5.08. The Morgan fingerprint density at radius 2 is 2.05 bits per heavy atom. The van der Waals surface area contributed by atoms with Gasteiger partial charge in [-0.3, -0.25) is 0 Å². The number of anilines is 1. The maximum atomic E-state index is 5.13. The van der Waals surface area contributed by atoms with Crippen molar-refractivity contribution in [2.75, 3.05) is 25.6 Å².